The van der Waals surface area contributed by atoms with E-state index in [1.165, 1.54) is 6.07 Å². The van der Waals surface area contributed by atoms with Gasteiger partial charge in [0.05, 0.1) is 10.9 Å². The zero-order valence-electron chi connectivity index (χ0n) is 12.9. The summed E-state index contributed by atoms with van der Waals surface area (Å²) in [6.07, 6.45) is 3.15. The third kappa shape index (κ3) is 4.28. The highest BCUT2D eigenvalue weighted by atomic mass is 32.2. The van der Waals surface area contributed by atoms with Crippen LogP contribution in [0.4, 0.5) is 5.69 Å². The first-order chi connectivity index (χ1) is 10.3. The average Bonchev–Trinajstić information content (AvgIpc) is 3.24. The predicted octanol–water partition coefficient (Wildman–Crippen LogP) is 1.50. The molecule has 4 N–H and O–H groups in total. The lowest BCUT2D eigenvalue weighted by Gasteiger charge is -2.14. The molecule has 1 aliphatic rings. The van der Waals surface area contributed by atoms with E-state index in [9.17, 15) is 13.2 Å². The van der Waals surface area contributed by atoms with Crippen molar-refractivity contribution in [2.45, 2.75) is 56.5 Å². The van der Waals surface area contributed by atoms with Gasteiger partial charge in [0.2, 0.25) is 15.9 Å². The van der Waals surface area contributed by atoms with Crippen LogP contribution in [-0.4, -0.2) is 26.4 Å². The van der Waals surface area contributed by atoms with Crippen molar-refractivity contribution in [3.05, 3.63) is 23.8 Å². The normalized spacial score (nSPS) is 16.3. The highest BCUT2D eigenvalue weighted by Gasteiger charge is 2.29. The second kappa shape index (κ2) is 6.76. The number of carbonyl (C=O) groups excluding carboxylic acids is 1. The molecule has 0 heterocycles. The number of aryl methyl sites for hydroxylation is 1. The van der Waals surface area contributed by atoms with E-state index in [1.807, 2.05) is 6.92 Å². The molecule has 1 amide bonds. The van der Waals surface area contributed by atoms with Crippen molar-refractivity contribution < 1.29 is 13.2 Å². The van der Waals surface area contributed by atoms with Crippen LogP contribution in [0.25, 0.3) is 0 Å². The lowest BCUT2D eigenvalue weighted by molar-refractivity contribution is -0.117. The zero-order chi connectivity index (χ0) is 16.3. The second-order valence-corrected chi connectivity index (χ2v) is 7.44. The standard InChI is InChI=1S/C15H23N3O3S/c1-3-4-13(16)15(19)17-12-6-5-10(2)14(9-12)22(20,21)18-11-7-8-11/h5-6,9,11,13,18H,3-4,7-8,16H2,1-2H3,(H,17,19). The number of nitrogens with one attached hydrogen (secondary N) is 2. The largest absolute Gasteiger partial charge is 0.325 e. The Kier molecular flexibility index (Phi) is 5.20. The molecule has 2 rings (SSSR count). The van der Waals surface area contributed by atoms with Gasteiger partial charge >= 0.3 is 0 Å². The van der Waals surface area contributed by atoms with Crippen LogP contribution in [0.5, 0.6) is 0 Å². The van der Waals surface area contributed by atoms with Crippen LogP contribution in [0.15, 0.2) is 23.1 Å². The van der Waals surface area contributed by atoms with Crippen molar-refractivity contribution in [1.82, 2.24) is 4.72 Å². The van der Waals surface area contributed by atoms with Crippen molar-refractivity contribution in [3.8, 4) is 0 Å². The number of carbonyl (C=O) groups is 1. The van der Waals surface area contributed by atoms with Crippen LogP contribution >= 0.6 is 0 Å². The summed E-state index contributed by atoms with van der Waals surface area (Å²) in [5, 5.41) is 2.68. The summed E-state index contributed by atoms with van der Waals surface area (Å²) in [4.78, 5) is 12.1. The van der Waals surface area contributed by atoms with Crippen LogP contribution in [0, 0.1) is 6.92 Å². The fourth-order valence-electron chi connectivity index (χ4n) is 2.13. The van der Waals surface area contributed by atoms with Gasteiger partial charge in [-0.3, -0.25) is 4.79 Å². The summed E-state index contributed by atoms with van der Waals surface area (Å²) in [7, 11) is -3.55. The molecule has 1 aliphatic carbocycles. The lowest BCUT2D eigenvalue weighted by atomic mass is 10.1. The van der Waals surface area contributed by atoms with Gasteiger partial charge in [-0.05, 0) is 43.9 Å². The van der Waals surface area contributed by atoms with E-state index in [0.29, 0.717) is 17.7 Å². The van der Waals surface area contributed by atoms with Crippen LogP contribution in [0.3, 0.4) is 0 Å². The van der Waals surface area contributed by atoms with Crippen LogP contribution < -0.4 is 15.8 Å². The summed E-state index contributed by atoms with van der Waals surface area (Å²) in [5.74, 6) is -0.302. The van der Waals surface area contributed by atoms with Gasteiger partial charge in [0, 0.05) is 11.7 Å². The highest BCUT2D eigenvalue weighted by molar-refractivity contribution is 7.89. The maximum Gasteiger partial charge on any atom is 0.241 e. The van der Waals surface area contributed by atoms with E-state index in [2.05, 4.69) is 10.0 Å². The number of rotatable bonds is 7. The molecule has 1 aromatic rings. The summed E-state index contributed by atoms with van der Waals surface area (Å²) >= 11 is 0. The minimum absolute atomic E-state index is 0.0422. The van der Waals surface area contributed by atoms with E-state index < -0.39 is 16.1 Å². The molecule has 0 bridgehead atoms. The number of sulfonamides is 1. The molecular formula is C15H23N3O3S. The predicted molar refractivity (Wildman–Crippen MR) is 86.0 cm³/mol. The van der Waals surface area contributed by atoms with Crippen LogP contribution in [0.1, 0.15) is 38.2 Å². The molecule has 6 nitrogen and oxygen atoms in total. The Morgan fingerprint density at radius 2 is 2.09 bits per heavy atom. The SMILES string of the molecule is CCCC(N)C(=O)Nc1ccc(C)c(S(=O)(=O)NC2CC2)c1. The summed E-state index contributed by atoms with van der Waals surface area (Å²) in [6, 6.07) is 4.30. The molecule has 0 aromatic heterocycles. The molecule has 0 spiro atoms. The Bertz CT molecular complexity index is 654. The molecule has 1 unspecified atom stereocenters. The fourth-order valence-corrected chi connectivity index (χ4v) is 3.70. The third-order valence-electron chi connectivity index (χ3n) is 3.58. The molecular weight excluding hydrogens is 302 g/mol. The maximum absolute atomic E-state index is 12.3. The van der Waals surface area contributed by atoms with Gasteiger partial charge in [0.1, 0.15) is 0 Å². The minimum Gasteiger partial charge on any atom is -0.325 e. The van der Waals surface area contributed by atoms with E-state index in [0.717, 1.165) is 19.3 Å². The maximum atomic E-state index is 12.3. The third-order valence-corrected chi connectivity index (χ3v) is 5.24. The number of hydrogen-bond donors (Lipinski definition) is 3. The quantitative estimate of drug-likeness (QED) is 0.707. The molecule has 7 heteroatoms. The monoisotopic (exact) mass is 325 g/mol. The van der Waals surface area contributed by atoms with Crippen molar-refractivity contribution in [3.63, 3.8) is 0 Å². The first-order valence-electron chi connectivity index (χ1n) is 7.53. The highest BCUT2D eigenvalue weighted by Crippen LogP contribution is 2.25. The van der Waals surface area contributed by atoms with Gasteiger partial charge < -0.3 is 11.1 Å². The summed E-state index contributed by atoms with van der Waals surface area (Å²) in [6.45, 7) is 3.68. The lowest BCUT2D eigenvalue weighted by Crippen LogP contribution is -2.35. The Morgan fingerprint density at radius 1 is 1.41 bits per heavy atom. The molecule has 1 aromatic carbocycles. The zero-order valence-corrected chi connectivity index (χ0v) is 13.7. The van der Waals surface area contributed by atoms with Crippen LogP contribution in [0.2, 0.25) is 0 Å². The number of benzene rings is 1. The van der Waals surface area contributed by atoms with Crippen molar-refractivity contribution in [1.29, 1.82) is 0 Å². The van der Waals surface area contributed by atoms with Gasteiger partial charge in [-0.25, -0.2) is 13.1 Å². The van der Waals surface area contributed by atoms with E-state index in [1.54, 1.807) is 19.1 Å². The van der Waals surface area contributed by atoms with E-state index >= 15 is 0 Å². The van der Waals surface area contributed by atoms with Gasteiger partial charge in [0.25, 0.3) is 0 Å². The molecule has 0 aliphatic heterocycles. The van der Waals surface area contributed by atoms with Gasteiger partial charge in [-0.1, -0.05) is 19.4 Å². The molecule has 0 saturated heterocycles. The Balaban J connectivity index is 2.17. The number of anilines is 1. The number of amides is 1. The van der Waals surface area contributed by atoms with Crippen LogP contribution in [-0.2, 0) is 14.8 Å². The van der Waals surface area contributed by atoms with Gasteiger partial charge in [0.15, 0.2) is 0 Å². The average molecular weight is 325 g/mol. The first kappa shape index (κ1) is 16.9. The second-order valence-electron chi connectivity index (χ2n) is 5.76. The molecule has 0 radical (unpaired) electrons. The molecule has 122 valence electrons. The minimum atomic E-state index is -3.55. The molecule has 1 fully saturated rings. The number of nitrogens with two attached hydrogens (primary N) is 1. The van der Waals surface area contributed by atoms with E-state index in [4.69, 9.17) is 5.73 Å². The molecule has 1 saturated carbocycles. The Labute approximate surface area is 131 Å². The Morgan fingerprint density at radius 3 is 2.68 bits per heavy atom. The van der Waals surface area contributed by atoms with Gasteiger partial charge in [-0.2, -0.15) is 0 Å². The first-order valence-corrected chi connectivity index (χ1v) is 9.01. The summed E-state index contributed by atoms with van der Waals surface area (Å²) in [5.41, 5.74) is 6.85. The topological polar surface area (TPSA) is 101 Å². The molecule has 1 atom stereocenters. The van der Waals surface area contributed by atoms with Gasteiger partial charge in [-0.15, -0.1) is 0 Å². The molecule has 22 heavy (non-hydrogen) atoms. The number of hydrogen-bond acceptors (Lipinski definition) is 4. The summed E-state index contributed by atoms with van der Waals surface area (Å²) < 4.78 is 27.3. The smallest absolute Gasteiger partial charge is 0.241 e. The van der Waals surface area contributed by atoms with Crippen molar-refractivity contribution in [2.24, 2.45) is 5.73 Å². The fraction of sp³-hybridized carbons (Fsp3) is 0.533. The van der Waals surface area contributed by atoms with Crippen molar-refractivity contribution >= 4 is 21.6 Å². The van der Waals surface area contributed by atoms with Crippen molar-refractivity contribution in [2.75, 3.05) is 5.32 Å². The Hall–Kier alpha value is -1.44. The van der Waals surface area contributed by atoms with E-state index in [-0.39, 0.29) is 16.8 Å².